The molecule has 2 N–H and O–H groups in total. The third-order valence-corrected chi connectivity index (χ3v) is 12.0. The number of hydrogen-bond acceptors (Lipinski definition) is 9. The Balaban J connectivity index is 1.18. The minimum Gasteiger partial charge on any atom is -0.496 e. The van der Waals surface area contributed by atoms with Gasteiger partial charge in [-0.15, -0.1) is 0 Å². The fraction of sp³-hybridized carbons (Fsp3) is 0.472. The zero-order valence-corrected chi connectivity index (χ0v) is 29.2. The second kappa shape index (κ2) is 13.2. The first-order valence-electron chi connectivity index (χ1n) is 17.1. The second-order valence-corrected chi connectivity index (χ2v) is 15.7. The molecule has 4 aliphatic rings. The van der Waals surface area contributed by atoms with Crippen LogP contribution in [0.25, 0.3) is 21.9 Å². The van der Waals surface area contributed by atoms with E-state index in [2.05, 4.69) is 20.0 Å². The van der Waals surface area contributed by atoms with Gasteiger partial charge < -0.3 is 24.6 Å². The van der Waals surface area contributed by atoms with E-state index in [1.807, 2.05) is 49.4 Å². The van der Waals surface area contributed by atoms with Gasteiger partial charge in [0.1, 0.15) is 23.4 Å². The molecule has 0 bridgehead atoms. The number of fused-ring (bicyclic) bond motifs is 3. The van der Waals surface area contributed by atoms with Crippen molar-refractivity contribution >= 4 is 38.6 Å². The summed E-state index contributed by atoms with van der Waals surface area (Å²) in [6, 6.07) is 8.24. The molecule has 0 spiro atoms. The van der Waals surface area contributed by atoms with Crippen LogP contribution in [0.3, 0.4) is 0 Å². The fourth-order valence-corrected chi connectivity index (χ4v) is 8.40. The lowest BCUT2D eigenvalue weighted by Gasteiger charge is -2.30. The maximum atomic E-state index is 14.1. The molecule has 3 fully saturated rings. The lowest BCUT2D eigenvalue weighted by Crippen LogP contribution is -2.57. The van der Waals surface area contributed by atoms with Crippen LogP contribution in [0.15, 0.2) is 54.9 Å². The lowest BCUT2D eigenvalue weighted by molar-refractivity contribution is -0.131. The minimum absolute atomic E-state index is 0.114. The average Bonchev–Trinajstić information content (AvgIpc) is 4.03. The minimum atomic E-state index is -3.83. The predicted octanol–water partition coefficient (Wildman–Crippen LogP) is 3.71. The number of pyridine rings is 2. The molecule has 4 amide bonds. The quantitative estimate of drug-likeness (QED) is 0.350. The van der Waals surface area contributed by atoms with E-state index in [1.165, 1.54) is 4.90 Å². The number of carbonyl (C=O) groups is 3. The number of aryl methyl sites for hydroxylation is 1. The third-order valence-electron chi connectivity index (χ3n) is 10.2. The number of sulfonamides is 1. The van der Waals surface area contributed by atoms with Gasteiger partial charge in [-0.3, -0.25) is 19.3 Å². The Hall–Kier alpha value is -4.72. The molecule has 13 nitrogen and oxygen atoms in total. The van der Waals surface area contributed by atoms with Crippen molar-refractivity contribution in [2.24, 2.45) is 5.92 Å². The zero-order valence-electron chi connectivity index (χ0n) is 28.4. The molecule has 1 aromatic carbocycles. The molecule has 3 aromatic rings. The SMILES string of the molecule is COc1ccc2c(O[C@@H]3C[C@H]4C(=O)N[C@]5(C(=O)NS(=O)(=O)C6CC6)C[C@H]5C=CCCCCN(C)C(=O)N4C3)nccc2c1-c1ccc(C)nc1. The summed E-state index contributed by atoms with van der Waals surface area (Å²) in [6.07, 6.45) is 10.5. The number of carbonyl (C=O) groups excluding carboxylic acids is 3. The highest BCUT2D eigenvalue weighted by Crippen LogP contribution is 2.46. The summed E-state index contributed by atoms with van der Waals surface area (Å²) in [5, 5.41) is 3.87. The summed E-state index contributed by atoms with van der Waals surface area (Å²) in [5.41, 5.74) is 1.17. The molecule has 4 atom stereocenters. The fourth-order valence-electron chi connectivity index (χ4n) is 7.04. The summed E-state index contributed by atoms with van der Waals surface area (Å²) in [5.74, 6) is -0.626. The van der Waals surface area contributed by atoms with E-state index < -0.39 is 44.8 Å². The Kier molecular flexibility index (Phi) is 8.91. The van der Waals surface area contributed by atoms with E-state index >= 15 is 0 Å². The van der Waals surface area contributed by atoms with Crippen molar-refractivity contribution in [3.63, 3.8) is 0 Å². The van der Waals surface area contributed by atoms with Crippen molar-refractivity contribution in [2.75, 3.05) is 27.2 Å². The van der Waals surface area contributed by atoms with Gasteiger partial charge >= 0.3 is 6.03 Å². The molecule has 2 aromatic heterocycles. The summed E-state index contributed by atoms with van der Waals surface area (Å²) < 4.78 is 39.9. The maximum absolute atomic E-state index is 14.1. The van der Waals surface area contributed by atoms with Crippen molar-refractivity contribution in [2.45, 2.75) is 74.8 Å². The van der Waals surface area contributed by atoms with Crippen LogP contribution in [-0.4, -0.2) is 96.2 Å². The number of allylic oxidation sites excluding steroid dienone is 1. The number of hydrogen-bond donors (Lipinski definition) is 2. The van der Waals surface area contributed by atoms with Crippen molar-refractivity contribution in [1.29, 1.82) is 0 Å². The second-order valence-electron chi connectivity index (χ2n) is 13.8. The molecule has 1 saturated heterocycles. The Morgan fingerprint density at radius 3 is 2.64 bits per heavy atom. The van der Waals surface area contributed by atoms with E-state index in [1.54, 1.807) is 31.5 Å². The molecular formula is C36H42N6O7S. The number of methoxy groups -OCH3 is 1. The van der Waals surface area contributed by atoms with Crippen molar-refractivity contribution in [1.82, 2.24) is 29.8 Å². The molecule has 7 rings (SSSR count). The molecule has 0 radical (unpaired) electrons. The smallest absolute Gasteiger partial charge is 0.320 e. The predicted molar refractivity (Wildman–Crippen MR) is 186 cm³/mol. The van der Waals surface area contributed by atoms with Gasteiger partial charge in [-0.05, 0) is 69.7 Å². The van der Waals surface area contributed by atoms with Crippen molar-refractivity contribution < 1.29 is 32.3 Å². The Morgan fingerprint density at radius 1 is 1.08 bits per heavy atom. The number of nitrogens with one attached hydrogen (secondary N) is 2. The highest BCUT2D eigenvalue weighted by molar-refractivity contribution is 7.91. The highest BCUT2D eigenvalue weighted by Gasteiger charge is 2.62. The van der Waals surface area contributed by atoms with E-state index in [-0.39, 0.29) is 31.3 Å². The van der Waals surface area contributed by atoms with E-state index in [0.717, 1.165) is 46.9 Å². The number of nitrogens with zero attached hydrogens (tertiary/aromatic N) is 4. The van der Waals surface area contributed by atoms with Gasteiger partial charge in [0.15, 0.2) is 0 Å². The van der Waals surface area contributed by atoms with Crippen molar-refractivity contribution in [3.05, 3.63) is 60.6 Å². The third kappa shape index (κ3) is 6.48. The summed E-state index contributed by atoms with van der Waals surface area (Å²) in [7, 11) is -0.508. The van der Waals surface area contributed by atoms with Crippen LogP contribution in [0.5, 0.6) is 11.6 Å². The standard InChI is InChI=1S/C36H42N6O7S/c1-22-9-10-23(20-38-22)31-27-15-16-37-33(28(27)13-14-30(31)48-3)49-25-18-29-32(43)39-36(34(44)40-50(46,47)26-11-12-26)19-24(36)8-6-4-5-7-17-41(2)35(45)42(29)21-25/h6,8-10,13-16,20,24-26,29H,4-5,7,11-12,17-19,21H2,1-3H3,(H,39,43)(H,40,44)/t24-,25-,29+,36-/m1/s1. The van der Waals surface area contributed by atoms with Crippen LogP contribution < -0.4 is 19.5 Å². The summed E-state index contributed by atoms with van der Waals surface area (Å²) >= 11 is 0. The van der Waals surface area contributed by atoms with Crippen LogP contribution in [0, 0.1) is 12.8 Å². The van der Waals surface area contributed by atoms with Gasteiger partial charge in [-0.1, -0.05) is 18.2 Å². The van der Waals surface area contributed by atoms with E-state index in [0.29, 0.717) is 31.0 Å². The zero-order chi connectivity index (χ0) is 35.2. The van der Waals surface area contributed by atoms with Crippen LogP contribution in [0.1, 0.15) is 50.6 Å². The molecular weight excluding hydrogens is 660 g/mol. The largest absolute Gasteiger partial charge is 0.496 e. The van der Waals surface area contributed by atoms with Crippen LogP contribution in [0.2, 0.25) is 0 Å². The van der Waals surface area contributed by atoms with Crippen molar-refractivity contribution in [3.8, 4) is 22.8 Å². The molecule has 2 aliphatic heterocycles. The summed E-state index contributed by atoms with van der Waals surface area (Å²) in [6.45, 7) is 2.55. The molecule has 264 valence electrons. The highest BCUT2D eigenvalue weighted by atomic mass is 32.2. The average molecular weight is 703 g/mol. The first kappa shape index (κ1) is 33.8. The molecule has 14 heteroatoms. The van der Waals surface area contributed by atoms with Crippen LogP contribution >= 0.6 is 0 Å². The number of benzene rings is 1. The summed E-state index contributed by atoms with van der Waals surface area (Å²) in [4.78, 5) is 53.6. The first-order chi connectivity index (χ1) is 24.0. The monoisotopic (exact) mass is 702 g/mol. The molecule has 4 heterocycles. The normalized spacial score (nSPS) is 25.7. The van der Waals surface area contributed by atoms with Gasteiger partial charge in [-0.2, -0.15) is 0 Å². The Morgan fingerprint density at radius 2 is 1.90 bits per heavy atom. The van der Waals surface area contributed by atoms with Gasteiger partial charge in [0.25, 0.3) is 5.91 Å². The van der Waals surface area contributed by atoms with Gasteiger partial charge in [0.2, 0.25) is 21.8 Å². The Labute approximate surface area is 291 Å². The van der Waals surface area contributed by atoms with Crippen LogP contribution in [-0.2, 0) is 19.6 Å². The molecule has 0 unspecified atom stereocenters. The number of amides is 4. The molecule has 2 saturated carbocycles. The van der Waals surface area contributed by atoms with E-state index in [9.17, 15) is 22.8 Å². The maximum Gasteiger partial charge on any atom is 0.320 e. The number of aromatic nitrogens is 2. The van der Waals surface area contributed by atoms with Crippen LogP contribution in [0.4, 0.5) is 4.79 Å². The van der Waals surface area contributed by atoms with Gasteiger partial charge in [0.05, 0.1) is 18.9 Å². The number of urea groups is 1. The van der Waals surface area contributed by atoms with Gasteiger partial charge in [0, 0.05) is 65.9 Å². The first-order valence-corrected chi connectivity index (χ1v) is 18.7. The lowest BCUT2D eigenvalue weighted by atomic mass is 9.99. The van der Waals surface area contributed by atoms with Gasteiger partial charge in [-0.25, -0.2) is 18.2 Å². The molecule has 2 aliphatic carbocycles. The number of ether oxygens (including phenoxy) is 2. The van der Waals surface area contributed by atoms with E-state index in [4.69, 9.17) is 9.47 Å². The topological polar surface area (TPSA) is 160 Å². The molecule has 50 heavy (non-hydrogen) atoms. The Bertz CT molecular complexity index is 1970. The number of rotatable bonds is 7.